The van der Waals surface area contributed by atoms with Crippen LogP contribution in [0.25, 0.3) is 0 Å². The van der Waals surface area contributed by atoms with Gasteiger partial charge in [0.15, 0.2) is 0 Å². The maximum Gasteiger partial charge on any atom is 0.335 e. The zero-order chi connectivity index (χ0) is 14.5. The molecule has 0 spiro atoms. The first-order chi connectivity index (χ1) is 9.39. The minimum absolute atomic E-state index is 0.0714. The van der Waals surface area contributed by atoms with E-state index < -0.39 is 26.7 Å². The Balaban J connectivity index is 2.03. The third-order valence-electron chi connectivity index (χ3n) is 4.12. The molecule has 1 N–H and O–H groups in total. The molecular formula is C13H14FNO4S. The van der Waals surface area contributed by atoms with E-state index in [1.54, 1.807) is 0 Å². The Kier molecular flexibility index (Phi) is 3.06. The standard InChI is InChI=1S/C13H14FNO4S/c14-11-4-2-9(13(16)17)6-12(11)20(18,19)15-7-8-1-3-10(15)5-8/h2,4,6,8,10H,1,3,5,7H2,(H,16,17). The van der Waals surface area contributed by atoms with Crippen LogP contribution < -0.4 is 0 Å². The molecule has 2 aliphatic rings. The Hall–Kier alpha value is -1.47. The second kappa shape index (κ2) is 4.53. The molecule has 2 atom stereocenters. The van der Waals surface area contributed by atoms with Gasteiger partial charge in [-0.3, -0.25) is 0 Å². The van der Waals surface area contributed by atoms with Crippen molar-refractivity contribution in [3.05, 3.63) is 29.6 Å². The van der Waals surface area contributed by atoms with Crippen molar-refractivity contribution in [3.8, 4) is 0 Å². The molecule has 7 heteroatoms. The molecule has 1 heterocycles. The molecule has 108 valence electrons. The number of halogens is 1. The summed E-state index contributed by atoms with van der Waals surface area (Å²) in [5.41, 5.74) is -0.227. The van der Waals surface area contributed by atoms with E-state index >= 15 is 0 Å². The van der Waals surface area contributed by atoms with Gasteiger partial charge < -0.3 is 5.11 Å². The van der Waals surface area contributed by atoms with Crippen LogP contribution in [-0.2, 0) is 10.0 Å². The zero-order valence-corrected chi connectivity index (χ0v) is 11.4. The van der Waals surface area contributed by atoms with Crippen molar-refractivity contribution in [1.29, 1.82) is 0 Å². The summed E-state index contributed by atoms with van der Waals surface area (Å²) in [5, 5.41) is 8.91. The highest BCUT2D eigenvalue weighted by Gasteiger charge is 2.45. The van der Waals surface area contributed by atoms with Crippen molar-refractivity contribution >= 4 is 16.0 Å². The fourth-order valence-corrected chi connectivity index (χ4v) is 4.97. The molecule has 2 fully saturated rings. The molecule has 0 amide bonds. The SMILES string of the molecule is O=C(O)c1ccc(F)c(S(=O)(=O)N2CC3CCC2C3)c1. The number of carboxylic acids is 1. The summed E-state index contributed by atoms with van der Waals surface area (Å²) in [6, 6.07) is 2.79. The van der Waals surface area contributed by atoms with Crippen molar-refractivity contribution in [2.75, 3.05) is 6.54 Å². The quantitative estimate of drug-likeness (QED) is 0.921. The average molecular weight is 299 g/mol. The van der Waals surface area contributed by atoms with Crippen LogP contribution in [0.2, 0.25) is 0 Å². The van der Waals surface area contributed by atoms with Crippen molar-refractivity contribution in [2.45, 2.75) is 30.2 Å². The van der Waals surface area contributed by atoms with Gasteiger partial charge in [0.2, 0.25) is 10.0 Å². The second-order valence-corrected chi connectivity index (χ2v) is 7.22. The van der Waals surface area contributed by atoms with Crippen LogP contribution in [0.4, 0.5) is 4.39 Å². The lowest BCUT2D eigenvalue weighted by atomic mass is 10.1. The first kappa shape index (κ1) is 13.5. The number of hydrogen-bond donors (Lipinski definition) is 1. The van der Waals surface area contributed by atoms with E-state index in [-0.39, 0.29) is 11.6 Å². The third kappa shape index (κ3) is 2.01. The molecule has 1 aromatic rings. The summed E-state index contributed by atoms with van der Waals surface area (Å²) >= 11 is 0. The number of piperidine rings is 1. The van der Waals surface area contributed by atoms with Gasteiger partial charge in [-0.05, 0) is 43.4 Å². The van der Waals surface area contributed by atoms with Crippen molar-refractivity contribution in [3.63, 3.8) is 0 Å². The summed E-state index contributed by atoms with van der Waals surface area (Å²) in [6.07, 6.45) is 2.62. The number of carboxylic acid groups (broad SMARTS) is 1. The minimum atomic E-state index is -3.96. The molecule has 5 nitrogen and oxygen atoms in total. The normalized spacial score (nSPS) is 26.1. The summed E-state index contributed by atoms with van der Waals surface area (Å²) in [4.78, 5) is 10.4. The van der Waals surface area contributed by atoms with Gasteiger partial charge in [-0.25, -0.2) is 17.6 Å². The topological polar surface area (TPSA) is 74.7 Å². The molecule has 1 aromatic carbocycles. The maximum atomic E-state index is 13.8. The first-order valence-corrected chi connectivity index (χ1v) is 7.88. The lowest BCUT2D eigenvalue weighted by Gasteiger charge is -2.26. The summed E-state index contributed by atoms with van der Waals surface area (Å²) in [6.45, 7) is 0.406. The van der Waals surface area contributed by atoms with Crippen LogP contribution in [0.1, 0.15) is 29.6 Å². The number of aromatic carboxylic acids is 1. The molecule has 2 bridgehead atoms. The Bertz CT molecular complexity index is 673. The van der Waals surface area contributed by atoms with E-state index in [1.165, 1.54) is 4.31 Å². The summed E-state index contributed by atoms with van der Waals surface area (Å²) < 4.78 is 40.2. The second-order valence-electron chi connectivity index (χ2n) is 5.36. The molecular weight excluding hydrogens is 285 g/mol. The van der Waals surface area contributed by atoms with E-state index in [2.05, 4.69) is 0 Å². The van der Waals surface area contributed by atoms with Crippen LogP contribution in [0.5, 0.6) is 0 Å². The fourth-order valence-electron chi connectivity index (χ4n) is 3.13. The monoisotopic (exact) mass is 299 g/mol. The molecule has 2 unspecified atom stereocenters. The lowest BCUT2D eigenvalue weighted by Crippen LogP contribution is -2.38. The van der Waals surface area contributed by atoms with E-state index in [4.69, 9.17) is 5.11 Å². The van der Waals surface area contributed by atoms with Gasteiger partial charge >= 0.3 is 5.97 Å². The first-order valence-electron chi connectivity index (χ1n) is 6.44. The van der Waals surface area contributed by atoms with Crippen molar-refractivity contribution in [2.24, 2.45) is 5.92 Å². The van der Waals surface area contributed by atoms with Gasteiger partial charge in [0, 0.05) is 12.6 Å². The smallest absolute Gasteiger partial charge is 0.335 e. The molecule has 20 heavy (non-hydrogen) atoms. The third-order valence-corrected chi connectivity index (χ3v) is 6.06. The maximum absolute atomic E-state index is 13.8. The molecule has 0 radical (unpaired) electrons. The number of benzene rings is 1. The van der Waals surface area contributed by atoms with Crippen LogP contribution >= 0.6 is 0 Å². The van der Waals surface area contributed by atoms with Crippen LogP contribution in [0.3, 0.4) is 0 Å². The van der Waals surface area contributed by atoms with Gasteiger partial charge in [0.25, 0.3) is 0 Å². The van der Waals surface area contributed by atoms with Crippen LogP contribution in [0, 0.1) is 11.7 Å². The Morgan fingerprint density at radius 3 is 2.65 bits per heavy atom. The number of fused-ring (bicyclic) bond motifs is 2. The molecule has 1 aliphatic carbocycles. The number of rotatable bonds is 3. The predicted octanol–water partition coefficient (Wildman–Crippen LogP) is 1.70. The van der Waals surface area contributed by atoms with E-state index in [0.29, 0.717) is 12.5 Å². The van der Waals surface area contributed by atoms with Crippen molar-refractivity contribution in [1.82, 2.24) is 4.31 Å². The van der Waals surface area contributed by atoms with Gasteiger partial charge in [-0.15, -0.1) is 0 Å². The Labute approximate surface area is 116 Å². The number of carbonyl (C=O) groups is 1. The zero-order valence-electron chi connectivity index (χ0n) is 10.6. The average Bonchev–Trinajstić information content (AvgIpc) is 3.01. The van der Waals surface area contributed by atoms with Gasteiger partial charge in [-0.1, -0.05) is 0 Å². The number of hydrogen-bond acceptors (Lipinski definition) is 3. The van der Waals surface area contributed by atoms with E-state index in [1.807, 2.05) is 0 Å². The Morgan fingerprint density at radius 1 is 1.35 bits per heavy atom. The van der Waals surface area contributed by atoms with Gasteiger partial charge in [0.05, 0.1) is 5.56 Å². The molecule has 0 aromatic heterocycles. The molecule has 1 saturated carbocycles. The van der Waals surface area contributed by atoms with Crippen LogP contribution in [-0.4, -0.2) is 36.4 Å². The van der Waals surface area contributed by atoms with E-state index in [0.717, 1.165) is 37.5 Å². The van der Waals surface area contributed by atoms with Crippen LogP contribution in [0.15, 0.2) is 23.1 Å². The summed E-state index contributed by atoms with van der Waals surface area (Å²) in [5.74, 6) is -1.83. The predicted molar refractivity (Wildman–Crippen MR) is 68.4 cm³/mol. The number of sulfonamides is 1. The highest BCUT2D eigenvalue weighted by Crippen LogP contribution is 2.40. The lowest BCUT2D eigenvalue weighted by molar-refractivity contribution is 0.0696. The fraction of sp³-hybridized carbons (Fsp3) is 0.462. The highest BCUT2D eigenvalue weighted by molar-refractivity contribution is 7.89. The van der Waals surface area contributed by atoms with Gasteiger partial charge in [-0.2, -0.15) is 4.31 Å². The van der Waals surface area contributed by atoms with E-state index in [9.17, 15) is 17.6 Å². The highest BCUT2D eigenvalue weighted by atomic mass is 32.2. The molecule has 3 rings (SSSR count). The molecule has 1 aliphatic heterocycles. The largest absolute Gasteiger partial charge is 0.478 e. The number of nitrogens with zero attached hydrogens (tertiary/aromatic N) is 1. The van der Waals surface area contributed by atoms with Crippen molar-refractivity contribution < 1.29 is 22.7 Å². The minimum Gasteiger partial charge on any atom is -0.478 e. The summed E-state index contributed by atoms with van der Waals surface area (Å²) in [7, 11) is -3.96. The van der Waals surface area contributed by atoms with Gasteiger partial charge in [0.1, 0.15) is 10.7 Å². The Morgan fingerprint density at radius 2 is 2.10 bits per heavy atom. The molecule has 1 saturated heterocycles.